The van der Waals surface area contributed by atoms with Crippen molar-refractivity contribution in [1.82, 2.24) is 30.0 Å². The summed E-state index contributed by atoms with van der Waals surface area (Å²) in [5.74, 6) is 1.10. The predicted molar refractivity (Wildman–Crippen MR) is 181 cm³/mol. The Labute approximate surface area is 273 Å². The Morgan fingerprint density at radius 2 is 1.81 bits per heavy atom. The smallest absolute Gasteiger partial charge is 0.323 e. The van der Waals surface area contributed by atoms with Crippen LogP contribution in [0.5, 0.6) is 0 Å². The van der Waals surface area contributed by atoms with Gasteiger partial charge in [-0.25, -0.2) is 19.7 Å². The number of nitrogens with one attached hydrogen (secondary N) is 2. The van der Waals surface area contributed by atoms with E-state index in [1.165, 1.54) is 0 Å². The molecule has 1 saturated carbocycles. The molecule has 2 aromatic carbocycles. The highest BCUT2D eigenvalue weighted by Crippen LogP contribution is 2.31. The van der Waals surface area contributed by atoms with Crippen LogP contribution >= 0.6 is 0 Å². The molecule has 47 heavy (non-hydrogen) atoms. The summed E-state index contributed by atoms with van der Waals surface area (Å²) in [6.45, 7) is 1.06. The van der Waals surface area contributed by atoms with E-state index in [2.05, 4.69) is 37.8 Å². The van der Waals surface area contributed by atoms with Crippen LogP contribution in [-0.2, 0) is 20.1 Å². The lowest BCUT2D eigenvalue weighted by Crippen LogP contribution is -2.49. The fourth-order valence-corrected chi connectivity index (χ4v) is 6.26. The Morgan fingerprint density at radius 1 is 0.979 bits per heavy atom. The predicted octanol–water partition coefficient (Wildman–Crippen LogP) is 5.88. The summed E-state index contributed by atoms with van der Waals surface area (Å²) < 4.78 is 1.76. The average Bonchev–Trinajstić information content (AvgIpc) is 3.77. The van der Waals surface area contributed by atoms with Crippen molar-refractivity contribution in [3.63, 3.8) is 0 Å². The van der Waals surface area contributed by atoms with Gasteiger partial charge in [-0.05, 0) is 60.6 Å². The number of urea groups is 1. The molecule has 1 aliphatic carbocycles. The van der Waals surface area contributed by atoms with Gasteiger partial charge in [0, 0.05) is 61.0 Å². The number of anilines is 2. The van der Waals surface area contributed by atoms with Crippen molar-refractivity contribution >= 4 is 24.0 Å². The lowest BCUT2D eigenvalue weighted by Gasteiger charge is -2.36. The van der Waals surface area contributed by atoms with Crippen LogP contribution in [0, 0.1) is 11.3 Å². The lowest BCUT2D eigenvalue weighted by molar-refractivity contribution is 0.240. The Balaban J connectivity index is 1.06. The molecule has 0 spiro atoms. The zero-order valence-corrected chi connectivity index (χ0v) is 26.0. The molecule has 3 aromatic heterocycles. The first-order valence-electron chi connectivity index (χ1n) is 15.8. The van der Waals surface area contributed by atoms with Gasteiger partial charge >= 0.3 is 6.03 Å². The fourth-order valence-electron chi connectivity index (χ4n) is 6.26. The van der Waals surface area contributed by atoms with Gasteiger partial charge < -0.3 is 10.6 Å². The maximum absolute atomic E-state index is 13.7. The number of aromatic nitrogens is 5. The molecule has 2 N–H and O–H groups in total. The highest BCUT2D eigenvalue weighted by atomic mass is 16.2. The number of carbonyl (C=O) groups is 1. The van der Waals surface area contributed by atoms with Gasteiger partial charge in [0.05, 0.1) is 30.2 Å². The molecule has 11 heteroatoms. The van der Waals surface area contributed by atoms with Crippen LogP contribution in [0.3, 0.4) is 0 Å². The first kappa shape index (κ1) is 29.8. The van der Waals surface area contributed by atoms with Gasteiger partial charge in [0.25, 0.3) is 0 Å². The SMILES string of the molecule is Cn1cc(-c2ccc(N(C(=O)NCc3ccccc3)[C@H]3CC[C@H](Nc4ncc(C#N)c(-c5ccc6c(c5)CN=C6)n4)CC3)nc2)cn1. The maximum atomic E-state index is 13.7. The minimum atomic E-state index is -0.174. The highest BCUT2D eigenvalue weighted by molar-refractivity contribution is 5.92. The van der Waals surface area contributed by atoms with Crippen molar-refractivity contribution in [3.05, 3.63) is 108 Å². The topological polar surface area (TPSA) is 137 Å². The van der Waals surface area contributed by atoms with Gasteiger partial charge in [-0.2, -0.15) is 10.4 Å². The van der Waals surface area contributed by atoms with E-state index in [1.807, 2.05) is 74.1 Å². The number of aliphatic imine (C=N–C) groups is 1. The molecule has 0 bridgehead atoms. The van der Waals surface area contributed by atoms with Crippen LogP contribution in [0.1, 0.15) is 47.9 Å². The number of carbonyl (C=O) groups excluding carboxylic acids is 1. The van der Waals surface area contributed by atoms with Crippen molar-refractivity contribution in [2.45, 2.75) is 50.9 Å². The molecule has 1 fully saturated rings. The Bertz CT molecular complexity index is 1950. The van der Waals surface area contributed by atoms with Gasteiger partial charge in [0.1, 0.15) is 11.9 Å². The van der Waals surface area contributed by atoms with Crippen LogP contribution in [0.15, 0.2) is 90.4 Å². The first-order chi connectivity index (χ1) is 23.0. The average molecular weight is 623 g/mol. The molecule has 2 aliphatic rings. The van der Waals surface area contributed by atoms with Crippen molar-refractivity contribution in [1.29, 1.82) is 5.26 Å². The van der Waals surface area contributed by atoms with E-state index in [0.29, 0.717) is 36.1 Å². The van der Waals surface area contributed by atoms with Gasteiger partial charge in [0.15, 0.2) is 0 Å². The normalized spacial score (nSPS) is 16.7. The summed E-state index contributed by atoms with van der Waals surface area (Å²) in [6, 6.07) is 22.0. The van der Waals surface area contributed by atoms with Crippen molar-refractivity contribution in [3.8, 4) is 28.5 Å². The molecular weight excluding hydrogens is 588 g/mol. The molecule has 0 atom stereocenters. The summed E-state index contributed by atoms with van der Waals surface area (Å²) in [4.78, 5) is 33.9. The molecule has 0 radical (unpaired) electrons. The first-order valence-corrected chi connectivity index (χ1v) is 15.8. The Kier molecular flexibility index (Phi) is 8.39. The van der Waals surface area contributed by atoms with Crippen LogP contribution < -0.4 is 15.5 Å². The Morgan fingerprint density at radius 3 is 2.55 bits per heavy atom. The molecule has 5 aromatic rings. The summed E-state index contributed by atoms with van der Waals surface area (Å²) in [5.41, 5.74) is 7.07. The standard InChI is InChI=1S/C36H34N10O/c1-45-23-30(22-42-45)27-9-14-33(39-20-27)46(36(47)41-17-24-5-3-2-4-6-24)32-12-10-31(11-13-32)43-35-40-21-29(16-37)34(44-35)25-7-8-26-18-38-19-28(26)15-25/h2-9,14-15,18,20-23,31-32H,10-13,17,19H2,1H3,(H,41,47)(H,40,43,44)/t31-,32-. The van der Waals surface area contributed by atoms with Crippen LogP contribution in [0.2, 0.25) is 0 Å². The van der Waals surface area contributed by atoms with E-state index < -0.39 is 0 Å². The largest absolute Gasteiger partial charge is 0.351 e. The van der Waals surface area contributed by atoms with E-state index in [4.69, 9.17) is 9.97 Å². The number of fused-ring (bicyclic) bond motifs is 1. The van der Waals surface area contributed by atoms with E-state index in [-0.39, 0.29) is 18.1 Å². The highest BCUT2D eigenvalue weighted by Gasteiger charge is 2.31. The quantitative estimate of drug-likeness (QED) is 0.220. The number of hydrogen-bond donors (Lipinski definition) is 2. The molecule has 2 amide bonds. The third-order valence-corrected chi connectivity index (χ3v) is 8.75. The van der Waals surface area contributed by atoms with Crippen molar-refractivity contribution in [2.75, 3.05) is 10.2 Å². The molecule has 4 heterocycles. The van der Waals surface area contributed by atoms with Crippen molar-refractivity contribution < 1.29 is 4.79 Å². The number of amides is 2. The molecule has 0 unspecified atom stereocenters. The summed E-state index contributed by atoms with van der Waals surface area (Å²) >= 11 is 0. The number of hydrogen-bond acceptors (Lipinski definition) is 8. The number of nitriles is 1. The number of rotatable bonds is 8. The number of aryl methyl sites for hydroxylation is 1. The van der Waals surface area contributed by atoms with E-state index in [9.17, 15) is 10.1 Å². The Hall–Kier alpha value is -5.89. The van der Waals surface area contributed by atoms with Crippen LogP contribution in [-0.4, -0.2) is 49.1 Å². The zero-order valence-electron chi connectivity index (χ0n) is 26.0. The van der Waals surface area contributed by atoms with Gasteiger partial charge in [0.2, 0.25) is 5.95 Å². The maximum Gasteiger partial charge on any atom is 0.323 e. The van der Waals surface area contributed by atoms with Gasteiger partial charge in [-0.1, -0.05) is 42.5 Å². The van der Waals surface area contributed by atoms with E-state index >= 15 is 0 Å². The number of benzene rings is 2. The summed E-state index contributed by atoms with van der Waals surface area (Å²) in [7, 11) is 1.88. The summed E-state index contributed by atoms with van der Waals surface area (Å²) in [6.07, 6.45) is 12.2. The molecule has 11 nitrogen and oxygen atoms in total. The monoisotopic (exact) mass is 622 g/mol. The van der Waals surface area contributed by atoms with E-state index in [0.717, 1.165) is 59.1 Å². The molecular formula is C36H34N10O. The minimum absolute atomic E-state index is 0.0355. The summed E-state index contributed by atoms with van der Waals surface area (Å²) in [5, 5.41) is 20.6. The second-order valence-electron chi connectivity index (χ2n) is 11.9. The van der Waals surface area contributed by atoms with E-state index in [1.54, 1.807) is 28.2 Å². The van der Waals surface area contributed by atoms with Gasteiger partial charge in [-0.15, -0.1) is 0 Å². The van der Waals surface area contributed by atoms with Gasteiger partial charge in [-0.3, -0.25) is 14.6 Å². The third-order valence-electron chi connectivity index (χ3n) is 8.75. The fraction of sp³-hybridized carbons (Fsp3) is 0.250. The van der Waals surface area contributed by atoms with Crippen molar-refractivity contribution in [2.24, 2.45) is 12.0 Å². The number of nitrogens with zero attached hydrogens (tertiary/aromatic N) is 8. The number of pyridine rings is 1. The molecule has 7 rings (SSSR count). The zero-order chi connectivity index (χ0) is 32.2. The third kappa shape index (κ3) is 6.58. The molecule has 1 aliphatic heterocycles. The lowest BCUT2D eigenvalue weighted by atomic mass is 9.90. The molecule has 0 saturated heterocycles. The molecule has 234 valence electrons. The second-order valence-corrected chi connectivity index (χ2v) is 11.9. The van der Waals surface area contributed by atoms with Crippen LogP contribution in [0.4, 0.5) is 16.6 Å². The van der Waals surface area contributed by atoms with Crippen LogP contribution in [0.25, 0.3) is 22.4 Å². The minimum Gasteiger partial charge on any atom is -0.351 e. The second kappa shape index (κ2) is 13.2.